The molecule has 1 aromatic heterocycles. The predicted molar refractivity (Wildman–Crippen MR) is 117 cm³/mol. The molecule has 0 aliphatic carbocycles. The fraction of sp³-hybridized carbons (Fsp3) is 0.333. The minimum absolute atomic E-state index is 0.0175. The molecule has 0 atom stereocenters. The van der Waals surface area contributed by atoms with Gasteiger partial charge in [0.1, 0.15) is 5.82 Å². The van der Waals surface area contributed by atoms with Crippen LogP contribution in [0.4, 0.5) is 9.52 Å². The summed E-state index contributed by atoms with van der Waals surface area (Å²) in [6.45, 7) is 3.58. The molecule has 0 radical (unpaired) electrons. The Hall–Kier alpha value is -1.96. The van der Waals surface area contributed by atoms with E-state index in [1.54, 1.807) is 28.4 Å². The third kappa shape index (κ3) is 5.53. The second-order valence-electron chi connectivity index (χ2n) is 6.91. The Balaban J connectivity index is 1.76. The molecule has 1 heterocycles. The first kappa shape index (κ1) is 20.8. The summed E-state index contributed by atoms with van der Waals surface area (Å²) in [6.07, 6.45) is 0.870. The lowest BCUT2D eigenvalue weighted by Crippen LogP contribution is -2.34. The first-order valence-corrected chi connectivity index (χ1v) is 10.9. The van der Waals surface area contributed by atoms with Crippen molar-refractivity contribution in [3.05, 3.63) is 53.8 Å². The number of benzene rings is 2. The molecule has 0 aliphatic heterocycles. The van der Waals surface area contributed by atoms with Gasteiger partial charge in [0.2, 0.25) is 5.91 Å². The van der Waals surface area contributed by atoms with Crippen LogP contribution >= 0.6 is 23.1 Å². The number of carbonyl (C=O) groups excluding carboxylic acids is 1. The molecule has 148 valence electrons. The van der Waals surface area contributed by atoms with Gasteiger partial charge in [-0.25, -0.2) is 9.37 Å². The lowest BCUT2D eigenvalue weighted by Gasteiger charge is -2.21. The van der Waals surface area contributed by atoms with E-state index in [0.717, 1.165) is 33.2 Å². The van der Waals surface area contributed by atoms with Crippen LogP contribution in [0.5, 0.6) is 0 Å². The molecule has 7 heteroatoms. The van der Waals surface area contributed by atoms with Gasteiger partial charge in [-0.1, -0.05) is 17.4 Å². The number of rotatable bonds is 8. The molecule has 0 fully saturated rings. The molecule has 4 nitrogen and oxygen atoms in total. The van der Waals surface area contributed by atoms with Crippen molar-refractivity contribution in [3.63, 3.8) is 0 Å². The van der Waals surface area contributed by atoms with E-state index in [9.17, 15) is 9.18 Å². The summed E-state index contributed by atoms with van der Waals surface area (Å²) in [5.41, 5.74) is 2.10. The van der Waals surface area contributed by atoms with Crippen molar-refractivity contribution < 1.29 is 9.18 Å². The summed E-state index contributed by atoms with van der Waals surface area (Å²) in [7, 11) is 4.05. The Kier molecular flexibility index (Phi) is 7.04. The van der Waals surface area contributed by atoms with Gasteiger partial charge in [-0.2, -0.15) is 0 Å². The van der Waals surface area contributed by atoms with E-state index in [-0.39, 0.29) is 11.7 Å². The second-order valence-corrected chi connectivity index (χ2v) is 8.97. The van der Waals surface area contributed by atoms with Crippen LogP contribution in [0.15, 0.2) is 47.4 Å². The van der Waals surface area contributed by atoms with Crippen molar-refractivity contribution >= 4 is 44.4 Å². The zero-order valence-electron chi connectivity index (χ0n) is 16.3. The summed E-state index contributed by atoms with van der Waals surface area (Å²) in [4.78, 5) is 22.5. The highest BCUT2D eigenvalue weighted by molar-refractivity contribution is 8.00. The van der Waals surface area contributed by atoms with Gasteiger partial charge in [0.15, 0.2) is 5.13 Å². The van der Waals surface area contributed by atoms with E-state index in [4.69, 9.17) is 4.98 Å². The Labute approximate surface area is 173 Å². The average Bonchev–Trinajstić information content (AvgIpc) is 3.07. The number of carbonyl (C=O) groups is 1. The van der Waals surface area contributed by atoms with Gasteiger partial charge in [0.25, 0.3) is 0 Å². The number of amides is 1. The first-order chi connectivity index (χ1) is 13.4. The standard InChI is InChI=1S/C21H24FN3OS2/c1-15-5-10-18-19(13-15)28-21(23-18)25(12-4-11-24(2)3)20(26)14-27-17-8-6-16(22)7-9-17/h5-10,13H,4,11-12,14H2,1-3H3. The van der Waals surface area contributed by atoms with Crippen molar-refractivity contribution in [2.75, 3.05) is 37.8 Å². The fourth-order valence-corrected chi connectivity index (χ4v) is 4.64. The number of fused-ring (bicyclic) bond motifs is 1. The Morgan fingerprint density at radius 3 is 2.61 bits per heavy atom. The van der Waals surface area contributed by atoms with Crippen molar-refractivity contribution in [1.29, 1.82) is 0 Å². The molecule has 0 bridgehead atoms. The summed E-state index contributed by atoms with van der Waals surface area (Å²) in [5.74, 6) is 0.0392. The smallest absolute Gasteiger partial charge is 0.239 e. The molecule has 0 aliphatic rings. The molecule has 0 unspecified atom stereocenters. The summed E-state index contributed by atoms with van der Waals surface area (Å²) in [6, 6.07) is 12.4. The Morgan fingerprint density at radius 2 is 1.89 bits per heavy atom. The summed E-state index contributed by atoms with van der Waals surface area (Å²) >= 11 is 2.97. The third-order valence-corrected chi connectivity index (χ3v) is 6.27. The zero-order chi connectivity index (χ0) is 20.1. The van der Waals surface area contributed by atoms with E-state index in [1.165, 1.54) is 29.5 Å². The molecule has 3 aromatic rings. The lowest BCUT2D eigenvalue weighted by atomic mass is 10.2. The number of thioether (sulfide) groups is 1. The molecule has 0 N–H and O–H groups in total. The fourth-order valence-electron chi connectivity index (χ4n) is 2.76. The molecular weight excluding hydrogens is 393 g/mol. The van der Waals surface area contributed by atoms with Crippen molar-refractivity contribution in [2.24, 2.45) is 0 Å². The van der Waals surface area contributed by atoms with Crippen LogP contribution in [0.3, 0.4) is 0 Å². The quantitative estimate of drug-likeness (QED) is 0.492. The molecule has 28 heavy (non-hydrogen) atoms. The molecule has 0 spiro atoms. The number of nitrogens with zero attached hydrogens (tertiary/aromatic N) is 3. The van der Waals surface area contributed by atoms with Crippen LogP contribution in [0.25, 0.3) is 10.2 Å². The van der Waals surface area contributed by atoms with Crippen LogP contribution in [-0.4, -0.2) is 48.7 Å². The van der Waals surface area contributed by atoms with E-state index < -0.39 is 0 Å². The highest BCUT2D eigenvalue weighted by Gasteiger charge is 2.20. The molecule has 1 amide bonds. The van der Waals surface area contributed by atoms with Crippen LogP contribution in [0, 0.1) is 12.7 Å². The van der Waals surface area contributed by atoms with E-state index in [1.807, 2.05) is 26.2 Å². The average molecular weight is 418 g/mol. The molecule has 3 rings (SSSR count). The monoisotopic (exact) mass is 417 g/mol. The summed E-state index contributed by atoms with van der Waals surface area (Å²) < 4.78 is 14.2. The van der Waals surface area contributed by atoms with Crippen LogP contribution in [-0.2, 0) is 4.79 Å². The van der Waals surface area contributed by atoms with E-state index >= 15 is 0 Å². The van der Waals surface area contributed by atoms with Gasteiger partial charge in [0, 0.05) is 11.4 Å². The normalized spacial score (nSPS) is 11.3. The first-order valence-electron chi connectivity index (χ1n) is 9.13. The summed E-state index contributed by atoms with van der Waals surface area (Å²) in [5, 5.41) is 0.740. The Morgan fingerprint density at radius 1 is 1.14 bits per heavy atom. The maximum Gasteiger partial charge on any atom is 0.239 e. The third-order valence-electron chi connectivity index (χ3n) is 4.23. The largest absolute Gasteiger partial charge is 0.309 e. The number of hydrogen-bond donors (Lipinski definition) is 0. The maximum absolute atomic E-state index is 13.1. The van der Waals surface area contributed by atoms with Gasteiger partial charge >= 0.3 is 0 Å². The number of anilines is 1. The minimum Gasteiger partial charge on any atom is -0.309 e. The van der Waals surface area contributed by atoms with Crippen molar-refractivity contribution in [2.45, 2.75) is 18.2 Å². The zero-order valence-corrected chi connectivity index (χ0v) is 17.9. The predicted octanol–water partition coefficient (Wildman–Crippen LogP) is 4.82. The van der Waals surface area contributed by atoms with E-state index in [0.29, 0.717) is 12.3 Å². The van der Waals surface area contributed by atoms with Crippen LogP contribution in [0.1, 0.15) is 12.0 Å². The van der Waals surface area contributed by atoms with Gasteiger partial charge < -0.3 is 4.90 Å². The van der Waals surface area contributed by atoms with Gasteiger partial charge in [-0.05, 0) is 75.9 Å². The minimum atomic E-state index is -0.272. The highest BCUT2D eigenvalue weighted by Crippen LogP contribution is 2.30. The number of aryl methyl sites for hydroxylation is 1. The highest BCUT2D eigenvalue weighted by atomic mass is 32.2. The molecule has 0 saturated heterocycles. The van der Waals surface area contributed by atoms with Gasteiger partial charge in [0.05, 0.1) is 16.0 Å². The topological polar surface area (TPSA) is 36.4 Å². The molecule has 0 saturated carbocycles. The van der Waals surface area contributed by atoms with Gasteiger partial charge in [-0.3, -0.25) is 9.69 Å². The van der Waals surface area contributed by atoms with Crippen LogP contribution in [0.2, 0.25) is 0 Å². The molecule has 2 aromatic carbocycles. The van der Waals surface area contributed by atoms with Crippen LogP contribution < -0.4 is 4.90 Å². The molecular formula is C21H24FN3OS2. The number of halogens is 1. The van der Waals surface area contributed by atoms with E-state index in [2.05, 4.69) is 17.9 Å². The number of hydrogen-bond acceptors (Lipinski definition) is 5. The van der Waals surface area contributed by atoms with Crippen molar-refractivity contribution in [1.82, 2.24) is 9.88 Å². The number of thiazole rings is 1. The Bertz CT molecular complexity index is 940. The number of aromatic nitrogens is 1. The van der Waals surface area contributed by atoms with Crippen molar-refractivity contribution in [3.8, 4) is 0 Å². The lowest BCUT2D eigenvalue weighted by molar-refractivity contribution is -0.116. The van der Waals surface area contributed by atoms with Gasteiger partial charge in [-0.15, -0.1) is 11.8 Å². The SMILES string of the molecule is Cc1ccc2nc(N(CCCN(C)C)C(=O)CSc3ccc(F)cc3)sc2c1. The maximum atomic E-state index is 13.1. The second kappa shape index (κ2) is 9.49.